The maximum Gasteiger partial charge on any atom is 0.243 e. The van der Waals surface area contributed by atoms with Crippen LogP contribution in [-0.2, 0) is 24.6 Å². The number of ether oxygens (including phenoxy) is 2. The highest BCUT2D eigenvalue weighted by atomic mass is 32.2. The Morgan fingerprint density at radius 1 is 1.00 bits per heavy atom. The SMILES string of the molecule is CS(=O)(=O)c1cccc(OCC(O)CNC2COC3(CCN(S(=O)(=O)c4ccc5ccccc5c4)CC3)C2)c1. The molecular weight excluding hydrogens is 540 g/mol. The molecule has 2 saturated heterocycles. The summed E-state index contributed by atoms with van der Waals surface area (Å²) in [6.45, 7) is 1.58. The second-order valence-corrected chi connectivity index (χ2v) is 14.4. The number of hydrogen-bond acceptors (Lipinski definition) is 8. The molecule has 0 radical (unpaired) electrons. The first-order chi connectivity index (χ1) is 18.5. The highest BCUT2D eigenvalue weighted by Crippen LogP contribution is 2.37. The largest absolute Gasteiger partial charge is 0.491 e. The van der Waals surface area contributed by atoms with Crippen LogP contribution in [0.3, 0.4) is 0 Å². The average Bonchev–Trinajstić information content (AvgIpc) is 3.32. The predicted molar refractivity (Wildman–Crippen MR) is 148 cm³/mol. The summed E-state index contributed by atoms with van der Waals surface area (Å²) in [5.74, 6) is 0.380. The molecule has 2 unspecified atom stereocenters. The lowest BCUT2D eigenvalue weighted by atomic mass is 9.88. The van der Waals surface area contributed by atoms with Crippen LogP contribution in [0.2, 0.25) is 0 Å². The van der Waals surface area contributed by atoms with E-state index in [0.29, 0.717) is 49.7 Å². The summed E-state index contributed by atoms with van der Waals surface area (Å²) < 4.78 is 63.4. The number of sulfone groups is 1. The number of sulfonamides is 1. The zero-order valence-corrected chi connectivity index (χ0v) is 23.5. The van der Waals surface area contributed by atoms with Crippen LogP contribution in [0.5, 0.6) is 5.75 Å². The van der Waals surface area contributed by atoms with Gasteiger partial charge < -0.3 is 19.9 Å². The van der Waals surface area contributed by atoms with E-state index >= 15 is 0 Å². The third-order valence-electron chi connectivity index (χ3n) is 7.52. The van der Waals surface area contributed by atoms with Crippen molar-refractivity contribution >= 4 is 30.6 Å². The van der Waals surface area contributed by atoms with E-state index < -0.39 is 26.0 Å². The molecule has 0 amide bonds. The minimum atomic E-state index is -3.59. The van der Waals surface area contributed by atoms with Crippen LogP contribution in [0, 0.1) is 0 Å². The third-order valence-corrected chi connectivity index (χ3v) is 10.5. The van der Waals surface area contributed by atoms with Crippen molar-refractivity contribution in [3.63, 3.8) is 0 Å². The predicted octanol–water partition coefficient (Wildman–Crippen LogP) is 2.59. The molecule has 2 heterocycles. The van der Waals surface area contributed by atoms with Gasteiger partial charge in [0.25, 0.3) is 0 Å². The van der Waals surface area contributed by atoms with Crippen molar-refractivity contribution in [3.05, 3.63) is 66.7 Å². The Morgan fingerprint density at radius 2 is 1.74 bits per heavy atom. The molecular formula is C28H34N2O7S2. The second-order valence-electron chi connectivity index (χ2n) is 10.4. The summed E-state index contributed by atoms with van der Waals surface area (Å²) in [6.07, 6.45) is 2.30. The van der Waals surface area contributed by atoms with Crippen LogP contribution >= 0.6 is 0 Å². The Balaban J connectivity index is 1.10. The first-order valence-corrected chi connectivity index (χ1v) is 16.3. The van der Waals surface area contributed by atoms with Crippen LogP contribution in [0.1, 0.15) is 19.3 Å². The molecule has 2 fully saturated rings. The van der Waals surface area contributed by atoms with Gasteiger partial charge in [0, 0.05) is 31.9 Å². The highest BCUT2D eigenvalue weighted by molar-refractivity contribution is 7.90. The Morgan fingerprint density at radius 3 is 2.49 bits per heavy atom. The van der Waals surface area contributed by atoms with E-state index in [2.05, 4.69) is 5.32 Å². The van der Waals surface area contributed by atoms with Gasteiger partial charge in [0.1, 0.15) is 18.5 Å². The van der Waals surface area contributed by atoms with Crippen LogP contribution in [0.15, 0.2) is 76.5 Å². The van der Waals surface area contributed by atoms with Crippen LogP contribution in [-0.4, -0.2) is 83.1 Å². The van der Waals surface area contributed by atoms with Gasteiger partial charge in [-0.15, -0.1) is 0 Å². The number of rotatable bonds is 9. The molecule has 2 N–H and O–H groups in total. The number of aliphatic hydroxyl groups is 1. The molecule has 2 aliphatic heterocycles. The molecule has 1 spiro atoms. The lowest BCUT2D eigenvalue weighted by Crippen LogP contribution is -2.47. The number of nitrogens with one attached hydrogen (secondary N) is 1. The van der Waals surface area contributed by atoms with Gasteiger partial charge in [-0.3, -0.25) is 0 Å². The van der Waals surface area contributed by atoms with Gasteiger partial charge in [0.05, 0.1) is 22.0 Å². The third kappa shape index (κ3) is 6.45. The Hall–Kier alpha value is -2.54. The number of hydrogen-bond donors (Lipinski definition) is 2. The van der Waals surface area contributed by atoms with Gasteiger partial charge >= 0.3 is 0 Å². The highest BCUT2D eigenvalue weighted by Gasteiger charge is 2.44. The topological polar surface area (TPSA) is 122 Å². The molecule has 0 saturated carbocycles. The van der Waals surface area contributed by atoms with E-state index in [4.69, 9.17) is 9.47 Å². The first-order valence-electron chi connectivity index (χ1n) is 13.0. The fraction of sp³-hybridized carbons (Fsp3) is 0.429. The number of piperidine rings is 1. The van der Waals surface area contributed by atoms with Crippen molar-refractivity contribution in [2.45, 2.75) is 46.8 Å². The Bertz CT molecular complexity index is 1530. The van der Waals surface area contributed by atoms with Crippen molar-refractivity contribution < 1.29 is 31.4 Å². The molecule has 39 heavy (non-hydrogen) atoms. The molecule has 3 aromatic rings. The van der Waals surface area contributed by atoms with E-state index in [-0.39, 0.29) is 23.1 Å². The van der Waals surface area contributed by atoms with Gasteiger partial charge in [-0.2, -0.15) is 4.31 Å². The van der Waals surface area contributed by atoms with E-state index in [1.165, 1.54) is 12.1 Å². The van der Waals surface area contributed by atoms with Crippen molar-refractivity contribution in [1.29, 1.82) is 0 Å². The Kier molecular flexibility index (Phi) is 8.01. The first kappa shape index (κ1) is 28.0. The van der Waals surface area contributed by atoms with E-state index in [9.17, 15) is 21.9 Å². The molecule has 0 aromatic heterocycles. The number of benzene rings is 3. The quantitative estimate of drug-likeness (QED) is 0.400. The fourth-order valence-electron chi connectivity index (χ4n) is 5.28. The molecule has 0 aliphatic carbocycles. The van der Waals surface area contributed by atoms with E-state index in [1.54, 1.807) is 28.6 Å². The summed E-state index contributed by atoms with van der Waals surface area (Å²) in [7, 11) is -6.93. The van der Waals surface area contributed by atoms with Crippen LogP contribution < -0.4 is 10.1 Å². The number of fused-ring (bicyclic) bond motifs is 1. The molecule has 2 atom stereocenters. The maximum atomic E-state index is 13.3. The number of aliphatic hydroxyl groups excluding tert-OH is 1. The number of nitrogens with zero attached hydrogens (tertiary/aromatic N) is 1. The lowest BCUT2D eigenvalue weighted by molar-refractivity contribution is -0.0312. The lowest BCUT2D eigenvalue weighted by Gasteiger charge is -2.38. The van der Waals surface area contributed by atoms with Crippen molar-refractivity contribution in [2.24, 2.45) is 0 Å². The zero-order chi connectivity index (χ0) is 27.7. The van der Waals surface area contributed by atoms with Crippen LogP contribution in [0.4, 0.5) is 0 Å². The summed E-state index contributed by atoms with van der Waals surface area (Å²) in [5.41, 5.74) is -0.374. The zero-order valence-electron chi connectivity index (χ0n) is 21.8. The van der Waals surface area contributed by atoms with E-state index in [1.807, 2.05) is 30.3 Å². The van der Waals surface area contributed by atoms with Gasteiger partial charge in [0.2, 0.25) is 10.0 Å². The molecule has 11 heteroatoms. The van der Waals surface area contributed by atoms with Crippen molar-refractivity contribution in [1.82, 2.24) is 9.62 Å². The van der Waals surface area contributed by atoms with Gasteiger partial charge in [-0.25, -0.2) is 16.8 Å². The second kappa shape index (κ2) is 11.1. The molecule has 3 aromatic carbocycles. The molecule has 2 aliphatic rings. The summed E-state index contributed by atoms with van der Waals surface area (Å²) in [5, 5.41) is 15.6. The Labute approximate surface area is 229 Å². The minimum absolute atomic E-state index is 0.0144. The summed E-state index contributed by atoms with van der Waals surface area (Å²) >= 11 is 0. The summed E-state index contributed by atoms with van der Waals surface area (Å²) in [6, 6.07) is 19.2. The summed E-state index contributed by atoms with van der Waals surface area (Å²) in [4.78, 5) is 0.473. The smallest absolute Gasteiger partial charge is 0.243 e. The monoisotopic (exact) mass is 574 g/mol. The normalized spacial score (nSPS) is 20.8. The van der Waals surface area contributed by atoms with Gasteiger partial charge in [-0.05, 0) is 60.4 Å². The average molecular weight is 575 g/mol. The van der Waals surface area contributed by atoms with Crippen LogP contribution in [0.25, 0.3) is 10.8 Å². The standard InChI is InChI=1S/C28H34N2O7S2/c1-38(32,33)26-8-4-7-25(16-26)36-20-24(31)18-29-23-17-28(37-19-23)11-13-30(14-12-28)39(34,35)27-10-9-21-5-2-3-6-22(21)15-27/h2-10,15-16,23-24,29,31H,11-14,17-20H2,1H3. The van der Waals surface area contributed by atoms with E-state index in [0.717, 1.165) is 23.4 Å². The van der Waals surface area contributed by atoms with Crippen molar-refractivity contribution in [3.8, 4) is 5.75 Å². The molecule has 9 nitrogen and oxygen atoms in total. The minimum Gasteiger partial charge on any atom is -0.491 e. The van der Waals surface area contributed by atoms with Crippen molar-refractivity contribution in [2.75, 3.05) is 39.1 Å². The maximum absolute atomic E-state index is 13.3. The molecule has 0 bridgehead atoms. The fourth-order valence-corrected chi connectivity index (χ4v) is 7.42. The molecule has 210 valence electrons. The molecule has 5 rings (SSSR count). The van der Waals surface area contributed by atoms with Gasteiger partial charge in [-0.1, -0.05) is 36.4 Å². The van der Waals surface area contributed by atoms with Gasteiger partial charge in [0.15, 0.2) is 9.84 Å².